The van der Waals surface area contributed by atoms with Crippen molar-refractivity contribution in [2.45, 2.75) is 0 Å². The minimum absolute atomic E-state index is 0.668. The van der Waals surface area contributed by atoms with Gasteiger partial charge in [-0.3, -0.25) is 0 Å². The van der Waals surface area contributed by atoms with E-state index in [1.54, 1.807) is 12.4 Å². The molecule has 0 spiro atoms. The lowest BCUT2D eigenvalue weighted by molar-refractivity contribution is 1.31. The zero-order chi connectivity index (χ0) is 10.8. The number of nitrogens with two attached hydrogens (primary N) is 1. The number of fused-ring (bicyclic) bond motifs is 1. The van der Waals surface area contributed by atoms with Crippen LogP contribution in [0.5, 0.6) is 0 Å². The summed E-state index contributed by atoms with van der Waals surface area (Å²) in [6.45, 7) is 0. The molecule has 0 aromatic carbocycles. The van der Waals surface area contributed by atoms with E-state index in [-0.39, 0.29) is 0 Å². The van der Waals surface area contributed by atoms with E-state index in [0.717, 1.165) is 21.1 Å². The average Bonchev–Trinajstić information content (AvgIpc) is 2.64. The van der Waals surface area contributed by atoms with Crippen LogP contribution < -0.4 is 5.73 Å². The summed E-state index contributed by atoms with van der Waals surface area (Å²) in [7, 11) is 0. The highest BCUT2D eigenvalue weighted by molar-refractivity contribution is 9.10. The van der Waals surface area contributed by atoms with Gasteiger partial charge in [-0.05, 0) is 22.0 Å². The smallest absolute Gasteiger partial charge is 0.137 e. The molecule has 0 aliphatic carbocycles. The molecule has 0 amide bonds. The maximum atomic E-state index is 7.25. The molecular formula is C10H9BrN4. The maximum absolute atomic E-state index is 7.25. The van der Waals surface area contributed by atoms with E-state index in [2.05, 4.69) is 25.9 Å². The quantitative estimate of drug-likeness (QED) is 0.728. The Labute approximate surface area is 94.8 Å². The van der Waals surface area contributed by atoms with Gasteiger partial charge >= 0.3 is 0 Å². The molecule has 0 fully saturated rings. The Kier molecular flexibility index (Phi) is 2.55. The third-order valence-electron chi connectivity index (χ3n) is 2.14. The molecule has 0 unspecified atom stereocenters. The second kappa shape index (κ2) is 3.86. The van der Waals surface area contributed by atoms with E-state index in [9.17, 15) is 0 Å². The molecule has 0 radical (unpaired) electrons. The summed E-state index contributed by atoms with van der Waals surface area (Å²) >= 11 is 3.36. The van der Waals surface area contributed by atoms with Crippen LogP contribution in [0.3, 0.4) is 0 Å². The van der Waals surface area contributed by atoms with Crippen LogP contribution in [0, 0.1) is 5.41 Å². The zero-order valence-electron chi connectivity index (χ0n) is 7.79. The van der Waals surface area contributed by atoms with Crippen molar-refractivity contribution >= 4 is 38.8 Å². The Morgan fingerprint density at radius 2 is 2.40 bits per heavy atom. The van der Waals surface area contributed by atoms with Gasteiger partial charge in [0.1, 0.15) is 5.65 Å². The first-order valence-electron chi connectivity index (χ1n) is 4.31. The minimum atomic E-state index is 0.668. The third kappa shape index (κ3) is 1.66. The average molecular weight is 265 g/mol. The van der Waals surface area contributed by atoms with Crippen LogP contribution in [-0.2, 0) is 0 Å². The predicted octanol–water partition coefficient (Wildman–Crippen LogP) is 2.27. The van der Waals surface area contributed by atoms with Gasteiger partial charge in [-0.2, -0.15) is 0 Å². The van der Waals surface area contributed by atoms with Crippen LogP contribution in [0.4, 0.5) is 0 Å². The van der Waals surface area contributed by atoms with Crippen LogP contribution in [0.2, 0.25) is 0 Å². The number of H-pyrrole nitrogens is 1. The first-order valence-corrected chi connectivity index (χ1v) is 5.11. The van der Waals surface area contributed by atoms with E-state index < -0.39 is 0 Å². The zero-order valence-corrected chi connectivity index (χ0v) is 9.38. The molecule has 0 saturated heterocycles. The van der Waals surface area contributed by atoms with E-state index in [0.29, 0.717) is 5.57 Å². The van der Waals surface area contributed by atoms with Gasteiger partial charge < -0.3 is 16.1 Å². The lowest BCUT2D eigenvalue weighted by Gasteiger charge is -1.97. The first kappa shape index (κ1) is 9.92. The van der Waals surface area contributed by atoms with Crippen molar-refractivity contribution in [2.75, 3.05) is 0 Å². The Balaban J connectivity index is 2.71. The number of nitrogens with zero attached hydrogens (tertiary/aromatic N) is 1. The number of aromatic amines is 1. The fourth-order valence-electron chi connectivity index (χ4n) is 1.43. The minimum Gasteiger partial charge on any atom is -0.404 e. The molecule has 15 heavy (non-hydrogen) atoms. The Bertz CT molecular complexity index is 541. The molecule has 2 heterocycles. The van der Waals surface area contributed by atoms with Crippen molar-refractivity contribution in [2.24, 2.45) is 5.73 Å². The lowest BCUT2D eigenvalue weighted by Crippen LogP contribution is -1.89. The summed E-state index contributed by atoms with van der Waals surface area (Å²) in [5.74, 6) is 0. The highest BCUT2D eigenvalue weighted by Gasteiger charge is 2.07. The lowest BCUT2D eigenvalue weighted by atomic mass is 10.1. The molecule has 0 aliphatic heterocycles. The number of hydrogen-bond acceptors (Lipinski definition) is 3. The molecule has 76 valence electrons. The number of rotatable bonds is 2. The number of halogens is 1. The number of hydrogen-bond donors (Lipinski definition) is 3. The van der Waals surface area contributed by atoms with Gasteiger partial charge in [0.15, 0.2) is 0 Å². The molecule has 4 nitrogen and oxygen atoms in total. The summed E-state index contributed by atoms with van der Waals surface area (Å²) in [5, 5.41) is 8.19. The second-order valence-corrected chi connectivity index (χ2v) is 3.93. The molecular weight excluding hydrogens is 256 g/mol. The molecule has 0 saturated carbocycles. The Morgan fingerprint density at radius 3 is 3.07 bits per heavy atom. The van der Waals surface area contributed by atoms with Crippen LogP contribution >= 0.6 is 15.9 Å². The SMILES string of the molecule is N=C/C(=C\N)c1c[nH]c2ncc(Br)cc12. The molecule has 2 rings (SSSR count). The van der Waals surface area contributed by atoms with E-state index in [4.69, 9.17) is 11.1 Å². The van der Waals surface area contributed by atoms with Crippen LogP contribution in [0.1, 0.15) is 5.56 Å². The van der Waals surface area contributed by atoms with Crippen molar-refractivity contribution in [3.05, 3.63) is 34.7 Å². The summed E-state index contributed by atoms with van der Waals surface area (Å²) in [6, 6.07) is 1.95. The molecule has 0 aliphatic rings. The molecule has 4 N–H and O–H groups in total. The van der Waals surface area contributed by atoms with Gasteiger partial charge in [0.05, 0.1) is 0 Å². The first-order chi connectivity index (χ1) is 7.26. The predicted molar refractivity (Wildman–Crippen MR) is 64.7 cm³/mol. The van der Waals surface area contributed by atoms with Crippen molar-refractivity contribution < 1.29 is 0 Å². The van der Waals surface area contributed by atoms with Crippen LogP contribution in [0.15, 0.2) is 29.1 Å². The van der Waals surface area contributed by atoms with E-state index in [1.807, 2.05) is 6.07 Å². The topological polar surface area (TPSA) is 78.5 Å². The highest BCUT2D eigenvalue weighted by atomic mass is 79.9. The summed E-state index contributed by atoms with van der Waals surface area (Å²) in [6.07, 6.45) is 6.16. The van der Waals surface area contributed by atoms with Crippen molar-refractivity contribution in [1.29, 1.82) is 5.41 Å². The number of pyridine rings is 1. The Morgan fingerprint density at radius 1 is 1.60 bits per heavy atom. The van der Waals surface area contributed by atoms with Gasteiger partial charge in [0, 0.05) is 45.8 Å². The van der Waals surface area contributed by atoms with E-state index >= 15 is 0 Å². The summed E-state index contributed by atoms with van der Waals surface area (Å²) in [4.78, 5) is 7.24. The second-order valence-electron chi connectivity index (χ2n) is 3.02. The molecule has 0 atom stereocenters. The van der Waals surface area contributed by atoms with Crippen LogP contribution in [-0.4, -0.2) is 16.2 Å². The largest absolute Gasteiger partial charge is 0.404 e. The molecule has 2 aromatic rings. The number of aromatic nitrogens is 2. The highest BCUT2D eigenvalue weighted by Crippen LogP contribution is 2.24. The van der Waals surface area contributed by atoms with Crippen molar-refractivity contribution in [3.8, 4) is 0 Å². The van der Waals surface area contributed by atoms with Crippen LogP contribution in [0.25, 0.3) is 16.6 Å². The van der Waals surface area contributed by atoms with Gasteiger partial charge in [-0.1, -0.05) is 0 Å². The number of allylic oxidation sites excluding steroid dienone is 1. The standard InChI is InChI=1S/C10H9BrN4/c11-7-1-8-9(6(2-12)3-13)5-15-10(8)14-4-7/h1-5,12H,13H2,(H,14,15)/b6-3+,12-2?. The van der Waals surface area contributed by atoms with Crippen molar-refractivity contribution in [1.82, 2.24) is 9.97 Å². The maximum Gasteiger partial charge on any atom is 0.137 e. The molecule has 5 heteroatoms. The number of nitrogens with one attached hydrogen (secondary N) is 2. The third-order valence-corrected chi connectivity index (χ3v) is 2.58. The van der Waals surface area contributed by atoms with Gasteiger partial charge in [-0.25, -0.2) is 4.98 Å². The Hall–Kier alpha value is -1.62. The van der Waals surface area contributed by atoms with Crippen molar-refractivity contribution in [3.63, 3.8) is 0 Å². The fourth-order valence-corrected chi connectivity index (χ4v) is 1.76. The van der Waals surface area contributed by atoms with Gasteiger partial charge in [-0.15, -0.1) is 0 Å². The van der Waals surface area contributed by atoms with Gasteiger partial charge in [0.2, 0.25) is 0 Å². The monoisotopic (exact) mass is 264 g/mol. The molecule has 2 aromatic heterocycles. The summed E-state index contributed by atoms with van der Waals surface area (Å²) in [5.41, 5.74) is 7.78. The fraction of sp³-hybridized carbons (Fsp3) is 0. The normalized spacial score (nSPS) is 11.9. The summed E-state index contributed by atoms with van der Waals surface area (Å²) < 4.78 is 0.900. The molecule has 0 bridgehead atoms. The van der Waals surface area contributed by atoms with E-state index in [1.165, 1.54) is 12.4 Å². The van der Waals surface area contributed by atoms with Gasteiger partial charge in [0.25, 0.3) is 0 Å².